The van der Waals surface area contributed by atoms with Crippen molar-refractivity contribution in [2.45, 2.75) is 18.9 Å². The summed E-state index contributed by atoms with van der Waals surface area (Å²) in [6.45, 7) is 2.05. The molecule has 5 nitrogen and oxygen atoms in total. The van der Waals surface area contributed by atoms with E-state index in [4.69, 9.17) is 10.3 Å². The zero-order valence-electron chi connectivity index (χ0n) is 8.85. The second kappa shape index (κ2) is 4.85. The van der Waals surface area contributed by atoms with Crippen LogP contribution in [0.2, 0.25) is 0 Å². The number of rotatable bonds is 5. The van der Waals surface area contributed by atoms with Crippen LogP contribution in [0.3, 0.4) is 0 Å². The van der Waals surface area contributed by atoms with Gasteiger partial charge in [0.25, 0.3) is 5.95 Å². The van der Waals surface area contributed by atoms with Crippen LogP contribution in [0.4, 0.5) is 5.95 Å². The van der Waals surface area contributed by atoms with Gasteiger partial charge in [-0.25, -0.2) is 0 Å². The highest BCUT2D eigenvalue weighted by Crippen LogP contribution is 2.20. The first-order valence-corrected chi connectivity index (χ1v) is 6.53. The average molecular weight is 228 g/mol. The number of nitrogens with zero attached hydrogens (tertiary/aromatic N) is 3. The molecular weight excluding hydrogens is 212 g/mol. The fourth-order valence-corrected chi connectivity index (χ4v) is 1.88. The monoisotopic (exact) mass is 228 g/mol. The largest absolute Gasteiger partial charge is 0.338 e. The molecule has 0 unspecified atom stereocenters. The van der Waals surface area contributed by atoms with Crippen LogP contribution in [0.15, 0.2) is 4.52 Å². The van der Waals surface area contributed by atoms with Crippen molar-refractivity contribution < 1.29 is 4.52 Å². The Kier molecular flexibility index (Phi) is 3.48. The molecule has 0 bridgehead atoms. The summed E-state index contributed by atoms with van der Waals surface area (Å²) in [5.41, 5.74) is 5.93. The van der Waals surface area contributed by atoms with E-state index >= 15 is 0 Å². The van der Waals surface area contributed by atoms with E-state index in [1.165, 1.54) is 6.42 Å². The molecule has 2 heterocycles. The molecule has 1 aromatic heterocycles. The summed E-state index contributed by atoms with van der Waals surface area (Å²) < 4.78 is 5.14. The van der Waals surface area contributed by atoms with Gasteiger partial charge < -0.3 is 15.2 Å². The summed E-state index contributed by atoms with van der Waals surface area (Å²) in [5, 5.41) is 3.92. The molecule has 6 heteroatoms. The molecule has 0 aromatic carbocycles. The van der Waals surface area contributed by atoms with Crippen LogP contribution in [-0.4, -0.2) is 35.2 Å². The molecule has 0 aliphatic carbocycles. The summed E-state index contributed by atoms with van der Waals surface area (Å²) in [7, 11) is 0. The van der Waals surface area contributed by atoms with Crippen LogP contribution in [0.25, 0.3) is 0 Å². The molecule has 2 N–H and O–H groups in total. The number of thioether (sulfide) groups is 1. The lowest BCUT2D eigenvalue weighted by Crippen LogP contribution is -2.37. The fraction of sp³-hybridized carbons (Fsp3) is 0.778. The maximum absolute atomic E-state index is 5.93. The molecule has 1 aliphatic rings. The van der Waals surface area contributed by atoms with Crippen molar-refractivity contribution in [1.29, 1.82) is 0 Å². The van der Waals surface area contributed by atoms with E-state index in [-0.39, 0.29) is 6.04 Å². The van der Waals surface area contributed by atoms with Crippen LogP contribution in [0, 0.1) is 0 Å². The lowest BCUT2D eigenvalue weighted by molar-refractivity contribution is 0.351. The van der Waals surface area contributed by atoms with Crippen LogP contribution in [0.5, 0.6) is 0 Å². The molecule has 15 heavy (non-hydrogen) atoms. The van der Waals surface area contributed by atoms with Crippen LogP contribution in [-0.2, 0) is 0 Å². The Bertz CT molecular complexity index is 313. The minimum Gasteiger partial charge on any atom is -0.338 e. The molecule has 2 rings (SSSR count). The summed E-state index contributed by atoms with van der Waals surface area (Å²) in [6.07, 6.45) is 4.15. The molecule has 1 fully saturated rings. The molecule has 0 saturated carbocycles. The van der Waals surface area contributed by atoms with Crippen molar-refractivity contribution in [1.82, 2.24) is 10.1 Å². The summed E-state index contributed by atoms with van der Waals surface area (Å²) in [6, 6.07) is -0.125. The van der Waals surface area contributed by atoms with Crippen LogP contribution in [0.1, 0.15) is 24.8 Å². The van der Waals surface area contributed by atoms with Gasteiger partial charge in [-0.15, -0.1) is 0 Å². The third-order valence-electron chi connectivity index (χ3n) is 2.52. The first-order valence-electron chi connectivity index (χ1n) is 5.14. The Balaban J connectivity index is 1.93. The molecule has 1 aliphatic heterocycles. The van der Waals surface area contributed by atoms with Crippen molar-refractivity contribution in [3.63, 3.8) is 0 Å². The smallest absolute Gasteiger partial charge is 0.266 e. The lowest BCUT2D eigenvalue weighted by atomic mass is 10.2. The first kappa shape index (κ1) is 10.8. The zero-order chi connectivity index (χ0) is 10.7. The number of aromatic nitrogens is 2. The van der Waals surface area contributed by atoms with Gasteiger partial charge in [0.2, 0.25) is 5.89 Å². The van der Waals surface area contributed by atoms with E-state index in [0.29, 0.717) is 11.8 Å². The zero-order valence-corrected chi connectivity index (χ0v) is 9.66. The van der Waals surface area contributed by atoms with Gasteiger partial charge in [0.1, 0.15) is 0 Å². The van der Waals surface area contributed by atoms with E-state index in [2.05, 4.69) is 21.3 Å². The SMILES string of the molecule is CSCC[C@@H](N)c1nc(N2CCC2)no1. The highest BCUT2D eigenvalue weighted by Gasteiger charge is 2.21. The van der Waals surface area contributed by atoms with E-state index in [1.54, 1.807) is 11.8 Å². The lowest BCUT2D eigenvalue weighted by Gasteiger charge is -2.28. The van der Waals surface area contributed by atoms with Gasteiger partial charge in [-0.3, -0.25) is 0 Å². The molecule has 0 amide bonds. The average Bonchev–Trinajstić information content (AvgIpc) is 2.60. The van der Waals surface area contributed by atoms with Crippen molar-refractivity contribution >= 4 is 17.7 Å². The summed E-state index contributed by atoms with van der Waals surface area (Å²) >= 11 is 1.77. The predicted molar refractivity (Wildman–Crippen MR) is 61.1 cm³/mol. The number of hydrogen-bond donors (Lipinski definition) is 1. The normalized spacial score (nSPS) is 17.6. The van der Waals surface area contributed by atoms with Gasteiger partial charge in [0.15, 0.2) is 0 Å². The fourth-order valence-electron chi connectivity index (χ4n) is 1.39. The molecule has 0 radical (unpaired) electrons. The second-order valence-corrected chi connectivity index (χ2v) is 4.65. The summed E-state index contributed by atoms with van der Waals surface area (Å²) in [4.78, 5) is 6.39. The van der Waals surface area contributed by atoms with Gasteiger partial charge in [-0.1, -0.05) is 0 Å². The summed E-state index contributed by atoms with van der Waals surface area (Å²) in [5.74, 6) is 2.27. The van der Waals surface area contributed by atoms with Gasteiger partial charge >= 0.3 is 0 Å². The number of anilines is 1. The predicted octanol–water partition coefficient (Wildman–Crippen LogP) is 1.03. The van der Waals surface area contributed by atoms with E-state index in [9.17, 15) is 0 Å². The minimum absolute atomic E-state index is 0.125. The Hall–Kier alpha value is -0.750. The number of hydrogen-bond acceptors (Lipinski definition) is 6. The number of nitrogens with two attached hydrogens (primary N) is 1. The van der Waals surface area contributed by atoms with Crippen molar-refractivity contribution in [3.8, 4) is 0 Å². The van der Waals surface area contributed by atoms with Crippen molar-refractivity contribution in [3.05, 3.63) is 5.89 Å². The van der Waals surface area contributed by atoms with Crippen molar-refractivity contribution in [2.75, 3.05) is 30.0 Å². The minimum atomic E-state index is -0.125. The van der Waals surface area contributed by atoms with Crippen molar-refractivity contribution in [2.24, 2.45) is 5.73 Å². The molecule has 1 saturated heterocycles. The van der Waals surface area contributed by atoms with E-state index < -0.39 is 0 Å². The Labute approximate surface area is 93.4 Å². The standard InChI is InChI=1S/C9H16N4OS/c1-15-6-3-7(10)8-11-9(12-14-8)13-4-2-5-13/h7H,2-6,10H2,1H3/t7-/m1/s1. The third kappa shape index (κ3) is 2.43. The molecule has 84 valence electrons. The Morgan fingerprint density at radius 2 is 2.40 bits per heavy atom. The Morgan fingerprint density at radius 1 is 1.60 bits per heavy atom. The second-order valence-electron chi connectivity index (χ2n) is 3.66. The molecule has 1 aromatic rings. The van der Waals surface area contributed by atoms with Crippen LogP contribution >= 0.6 is 11.8 Å². The van der Waals surface area contributed by atoms with Gasteiger partial charge in [0.05, 0.1) is 6.04 Å². The Morgan fingerprint density at radius 3 is 3.00 bits per heavy atom. The third-order valence-corrected chi connectivity index (χ3v) is 3.16. The topological polar surface area (TPSA) is 68.2 Å². The van der Waals surface area contributed by atoms with Gasteiger partial charge in [-0.05, 0) is 30.0 Å². The quantitative estimate of drug-likeness (QED) is 0.812. The molecule has 1 atom stereocenters. The van der Waals surface area contributed by atoms with E-state index in [0.717, 1.165) is 25.3 Å². The maximum atomic E-state index is 5.93. The van der Waals surface area contributed by atoms with Gasteiger partial charge in [0, 0.05) is 13.1 Å². The first-order chi connectivity index (χ1) is 7.31. The molecule has 0 spiro atoms. The maximum Gasteiger partial charge on any atom is 0.266 e. The van der Waals surface area contributed by atoms with E-state index in [1.807, 2.05) is 0 Å². The highest BCUT2D eigenvalue weighted by atomic mass is 32.2. The van der Waals surface area contributed by atoms with Crippen LogP contribution < -0.4 is 10.6 Å². The highest BCUT2D eigenvalue weighted by molar-refractivity contribution is 7.98. The van der Waals surface area contributed by atoms with Gasteiger partial charge in [-0.2, -0.15) is 16.7 Å². The molecular formula is C9H16N4OS.